The van der Waals surface area contributed by atoms with Gasteiger partial charge in [0, 0.05) is 22.8 Å². The molecule has 35 heavy (non-hydrogen) atoms. The van der Waals surface area contributed by atoms with Crippen molar-refractivity contribution in [3.63, 3.8) is 0 Å². The largest absolute Gasteiger partial charge is 0.487 e. The minimum absolute atomic E-state index is 0.244. The van der Waals surface area contributed by atoms with E-state index in [9.17, 15) is 4.79 Å². The number of carbonyl (C=O) groups is 1. The van der Waals surface area contributed by atoms with E-state index in [2.05, 4.69) is 34.7 Å². The highest BCUT2D eigenvalue weighted by atomic mass is 35.5. The Bertz CT molecular complexity index is 1510. The van der Waals surface area contributed by atoms with Gasteiger partial charge in [-0.1, -0.05) is 77.8 Å². The highest BCUT2D eigenvalue weighted by Gasteiger charge is 2.11. The minimum Gasteiger partial charge on any atom is -0.487 e. The second-order valence-corrected chi connectivity index (χ2v) is 8.90. The van der Waals surface area contributed by atoms with E-state index in [-0.39, 0.29) is 12.5 Å². The zero-order valence-corrected chi connectivity index (χ0v) is 20.1. The first-order chi connectivity index (χ1) is 17.0. The molecule has 0 bridgehead atoms. The van der Waals surface area contributed by atoms with E-state index in [4.69, 9.17) is 27.9 Å². The molecule has 5 aromatic rings. The Morgan fingerprint density at radius 2 is 1.74 bits per heavy atom. The fourth-order valence-corrected chi connectivity index (χ4v) is 4.33. The molecule has 4 aromatic carbocycles. The number of rotatable bonds is 7. The Kier molecular flexibility index (Phi) is 6.70. The van der Waals surface area contributed by atoms with Crippen LogP contribution in [0.2, 0.25) is 10.0 Å². The number of halogens is 2. The molecular weight excluding hydrogens is 481 g/mol. The summed E-state index contributed by atoms with van der Waals surface area (Å²) in [5.41, 5.74) is 2.51. The average Bonchev–Trinajstić information content (AvgIpc) is 3.30. The quantitative estimate of drug-likeness (QED) is 0.256. The Morgan fingerprint density at radius 1 is 0.914 bits per heavy atom. The van der Waals surface area contributed by atoms with Gasteiger partial charge in [0.05, 0.1) is 11.6 Å². The van der Waals surface area contributed by atoms with Crippen LogP contribution in [0.4, 0.5) is 5.82 Å². The van der Waals surface area contributed by atoms with E-state index in [0.717, 1.165) is 11.1 Å². The fraction of sp³-hybridized carbons (Fsp3) is 0.0714. The standard InChI is InChI=1S/C28H21Cl2N3O2/c29-23-11-12-26(25(30)16-23)35-18-19-5-3-8-21(15-19)28(34)31-27-13-14-33(32-27)17-22-9-4-7-20-6-1-2-10-24(20)22/h1-16H,17-18H2,(H,31,32,34). The van der Waals surface area contributed by atoms with E-state index in [1.54, 1.807) is 36.4 Å². The maximum absolute atomic E-state index is 12.8. The molecule has 0 aliphatic heterocycles. The van der Waals surface area contributed by atoms with Crippen LogP contribution >= 0.6 is 23.2 Å². The van der Waals surface area contributed by atoms with E-state index in [1.165, 1.54) is 10.8 Å². The number of aromatic nitrogens is 2. The van der Waals surface area contributed by atoms with Crippen molar-refractivity contribution in [3.8, 4) is 5.75 Å². The summed E-state index contributed by atoms with van der Waals surface area (Å²) in [6.07, 6.45) is 1.86. The highest BCUT2D eigenvalue weighted by Crippen LogP contribution is 2.28. The van der Waals surface area contributed by atoms with Crippen molar-refractivity contribution in [2.24, 2.45) is 0 Å². The maximum Gasteiger partial charge on any atom is 0.256 e. The van der Waals surface area contributed by atoms with Crippen LogP contribution in [0.5, 0.6) is 5.75 Å². The SMILES string of the molecule is O=C(Nc1ccn(Cc2cccc3ccccc23)n1)c1cccc(COc2ccc(Cl)cc2Cl)c1. The normalized spacial score (nSPS) is 10.9. The monoisotopic (exact) mass is 501 g/mol. The van der Waals surface area contributed by atoms with Gasteiger partial charge in [-0.3, -0.25) is 9.48 Å². The second-order valence-electron chi connectivity index (χ2n) is 8.05. The number of hydrogen-bond donors (Lipinski definition) is 1. The van der Waals surface area contributed by atoms with Gasteiger partial charge in [0.25, 0.3) is 5.91 Å². The third-order valence-electron chi connectivity index (χ3n) is 5.57. The third-order valence-corrected chi connectivity index (χ3v) is 6.10. The Hall–Kier alpha value is -3.80. The third kappa shape index (κ3) is 5.48. The lowest BCUT2D eigenvalue weighted by molar-refractivity contribution is 0.102. The molecule has 1 N–H and O–H groups in total. The molecule has 0 aliphatic carbocycles. The summed E-state index contributed by atoms with van der Waals surface area (Å²) in [7, 11) is 0. The second kappa shape index (κ2) is 10.2. The topological polar surface area (TPSA) is 56.2 Å². The van der Waals surface area contributed by atoms with Crippen molar-refractivity contribution in [3.05, 3.63) is 124 Å². The molecule has 0 saturated carbocycles. The zero-order valence-electron chi connectivity index (χ0n) is 18.6. The number of amides is 1. The first-order valence-corrected chi connectivity index (χ1v) is 11.8. The van der Waals surface area contributed by atoms with Crippen molar-refractivity contribution >= 4 is 45.7 Å². The van der Waals surface area contributed by atoms with Crippen LogP contribution in [0.3, 0.4) is 0 Å². The van der Waals surface area contributed by atoms with Crippen LogP contribution in [-0.2, 0) is 13.2 Å². The molecule has 5 nitrogen and oxygen atoms in total. The molecule has 5 rings (SSSR count). The van der Waals surface area contributed by atoms with Gasteiger partial charge in [-0.25, -0.2) is 0 Å². The molecule has 0 unspecified atom stereocenters. The molecule has 0 radical (unpaired) electrons. The zero-order chi connectivity index (χ0) is 24.2. The Morgan fingerprint density at radius 3 is 2.63 bits per heavy atom. The number of hydrogen-bond acceptors (Lipinski definition) is 3. The van der Waals surface area contributed by atoms with Crippen molar-refractivity contribution in [2.45, 2.75) is 13.2 Å². The Balaban J connectivity index is 1.24. The lowest BCUT2D eigenvalue weighted by Gasteiger charge is -2.09. The summed E-state index contributed by atoms with van der Waals surface area (Å²) < 4.78 is 7.60. The van der Waals surface area contributed by atoms with Crippen molar-refractivity contribution in [1.82, 2.24) is 9.78 Å². The number of nitrogens with zero attached hydrogens (tertiary/aromatic N) is 2. The highest BCUT2D eigenvalue weighted by molar-refractivity contribution is 6.35. The molecule has 174 valence electrons. The predicted octanol–water partition coefficient (Wildman–Crippen LogP) is 7.22. The number of ether oxygens (including phenoxy) is 1. The first kappa shape index (κ1) is 23.0. The molecule has 0 spiro atoms. The van der Waals surface area contributed by atoms with Crippen molar-refractivity contribution in [1.29, 1.82) is 0 Å². The van der Waals surface area contributed by atoms with Crippen LogP contribution in [0.15, 0.2) is 97.2 Å². The van der Waals surface area contributed by atoms with E-state index >= 15 is 0 Å². The summed E-state index contributed by atoms with van der Waals surface area (Å²) in [6.45, 7) is 0.874. The van der Waals surface area contributed by atoms with Crippen LogP contribution in [0.25, 0.3) is 10.8 Å². The number of anilines is 1. The van der Waals surface area contributed by atoms with Gasteiger partial charge in [0.2, 0.25) is 0 Å². The molecule has 0 atom stereocenters. The van der Waals surface area contributed by atoms with Crippen LogP contribution in [-0.4, -0.2) is 15.7 Å². The molecule has 0 saturated heterocycles. The lowest BCUT2D eigenvalue weighted by atomic mass is 10.0. The molecule has 1 aromatic heterocycles. The molecule has 1 heterocycles. The molecule has 0 fully saturated rings. The maximum atomic E-state index is 12.8. The van der Waals surface area contributed by atoms with E-state index < -0.39 is 0 Å². The van der Waals surface area contributed by atoms with Gasteiger partial charge in [-0.2, -0.15) is 5.10 Å². The van der Waals surface area contributed by atoms with Crippen molar-refractivity contribution < 1.29 is 9.53 Å². The summed E-state index contributed by atoms with van der Waals surface area (Å²) >= 11 is 12.1. The van der Waals surface area contributed by atoms with Gasteiger partial charge in [0.1, 0.15) is 12.4 Å². The summed E-state index contributed by atoms with van der Waals surface area (Å²) in [6, 6.07) is 28.6. The minimum atomic E-state index is -0.244. The average molecular weight is 502 g/mol. The first-order valence-electron chi connectivity index (χ1n) is 11.0. The van der Waals surface area contributed by atoms with Gasteiger partial charge in [0.15, 0.2) is 5.82 Å². The number of benzene rings is 4. The van der Waals surface area contributed by atoms with Crippen LogP contribution in [0.1, 0.15) is 21.5 Å². The van der Waals surface area contributed by atoms with Crippen LogP contribution in [0, 0.1) is 0 Å². The van der Waals surface area contributed by atoms with Gasteiger partial charge >= 0.3 is 0 Å². The predicted molar refractivity (Wildman–Crippen MR) is 140 cm³/mol. The van der Waals surface area contributed by atoms with Crippen LogP contribution < -0.4 is 10.1 Å². The fourth-order valence-electron chi connectivity index (χ4n) is 3.87. The molecule has 0 aliphatic rings. The number of fused-ring (bicyclic) bond motifs is 1. The molecule has 7 heteroatoms. The Labute approximate surface area is 212 Å². The van der Waals surface area contributed by atoms with Gasteiger partial charge < -0.3 is 10.1 Å². The van der Waals surface area contributed by atoms with Gasteiger partial charge in [-0.15, -0.1) is 0 Å². The van der Waals surface area contributed by atoms with E-state index in [0.29, 0.717) is 33.7 Å². The van der Waals surface area contributed by atoms with Gasteiger partial charge in [-0.05, 0) is 52.2 Å². The molecular formula is C28H21Cl2N3O2. The summed E-state index contributed by atoms with van der Waals surface area (Å²) in [4.78, 5) is 12.8. The summed E-state index contributed by atoms with van der Waals surface area (Å²) in [5, 5.41) is 10.8. The summed E-state index contributed by atoms with van der Waals surface area (Å²) in [5.74, 6) is 0.777. The number of nitrogens with one attached hydrogen (secondary N) is 1. The molecule has 1 amide bonds. The lowest BCUT2D eigenvalue weighted by Crippen LogP contribution is -2.13. The van der Waals surface area contributed by atoms with E-state index in [1.807, 2.05) is 41.2 Å². The number of carbonyl (C=O) groups excluding carboxylic acids is 1. The van der Waals surface area contributed by atoms with Crippen molar-refractivity contribution in [2.75, 3.05) is 5.32 Å². The smallest absolute Gasteiger partial charge is 0.256 e.